The van der Waals surface area contributed by atoms with Crippen LogP contribution in [0.2, 0.25) is 5.02 Å². The first-order valence-corrected chi connectivity index (χ1v) is 7.72. The molecule has 0 spiro atoms. The van der Waals surface area contributed by atoms with E-state index >= 15 is 0 Å². The van der Waals surface area contributed by atoms with Gasteiger partial charge in [0.15, 0.2) is 0 Å². The minimum atomic E-state index is 0.378. The number of hydrogen-bond acceptors (Lipinski definition) is 3. The van der Waals surface area contributed by atoms with E-state index in [1.165, 1.54) is 5.56 Å². The second-order valence-corrected chi connectivity index (χ2v) is 6.02. The van der Waals surface area contributed by atoms with Crippen molar-refractivity contribution in [3.05, 3.63) is 64.9 Å². The van der Waals surface area contributed by atoms with Crippen LogP contribution >= 0.6 is 11.6 Å². The van der Waals surface area contributed by atoms with Gasteiger partial charge in [0.05, 0.1) is 5.02 Å². The third-order valence-corrected chi connectivity index (χ3v) is 4.47. The summed E-state index contributed by atoms with van der Waals surface area (Å²) in [6, 6.07) is 13.5. The molecule has 3 rings (SSSR count). The summed E-state index contributed by atoms with van der Waals surface area (Å²) in [6.07, 6.45) is 3.53. The molecule has 2 atom stereocenters. The van der Waals surface area contributed by atoms with Gasteiger partial charge in [0.1, 0.15) is 0 Å². The Labute approximate surface area is 131 Å². The molecule has 2 heterocycles. The Morgan fingerprint density at radius 1 is 1.29 bits per heavy atom. The number of pyridine rings is 1. The lowest BCUT2D eigenvalue weighted by atomic mass is 10.0. The third-order valence-electron chi connectivity index (χ3n) is 4.13. The highest BCUT2D eigenvalue weighted by molar-refractivity contribution is 6.31. The quantitative estimate of drug-likeness (QED) is 0.943. The van der Waals surface area contributed by atoms with Crippen molar-refractivity contribution in [2.24, 2.45) is 0 Å². The van der Waals surface area contributed by atoms with Crippen LogP contribution in [0.15, 0.2) is 48.8 Å². The van der Waals surface area contributed by atoms with Crippen molar-refractivity contribution in [2.45, 2.75) is 25.6 Å². The normalized spacial score (nSPS) is 23.1. The van der Waals surface area contributed by atoms with Crippen molar-refractivity contribution in [2.75, 3.05) is 13.1 Å². The molecule has 0 aliphatic carbocycles. The van der Waals surface area contributed by atoms with Gasteiger partial charge in [-0.1, -0.05) is 41.9 Å². The number of piperazine rings is 1. The van der Waals surface area contributed by atoms with Crippen LogP contribution in [0.1, 0.15) is 24.1 Å². The standard InChI is InChI=1S/C17H20ClN3/c1-13-9-20-17(14-5-3-2-4-6-14)12-21(13)11-15-7-8-19-10-16(15)18/h2-8,10,13,17,20H,9,11-12H2,1H3. The van der Waals surface area contributed by atoms with E-state index in [0.717, 1.165) is 30.2 Å². The van der Waals surface area contributed by atoms with E-state index in [1.807, 2.05) is 12.3 Å². The van der Waals surface area contributed by atoms with Crippen molar-refractivity contribution < 1.29 is 0 Å². The predicted molar refractivity (Wildman–Crippen MR) is 86.3 cm³/mol. The van der Waals surface area contributed by atoms with Crippen molar-refractivity contribution in [3.8, 4) is 0 Å². The zero-order valence-electron chi connectivity index (χ0n) is 12.2. The van der Waals surface area contributed by atoms with Crippen LogP contribution in [0.3, 0.4) is 0 Å². The highest BCUT2D eigenvalue weighted by Crippen LogP contribution is 2.23. The molecule has 21 heavy (non-hydrogen) atoms. The average molecular weight is 302 g/mol. The minimum absolute atomic E-state index is 0.378. The fourth-order valence-electron chi connectivity index (χ4n) is 2.80. The largest absolute Gasteiger partial charge is 0.307 e. The number of nitrogens with zero attached hydrogens (tertiary/aromatic N) is 2. The van der Waals surface area contributed by atoms with Gasteiger partial charge in [-0.25, -0.2) is 0 Å². The summed E-state index contributed by atoms with van der Waals surface area (Å²) in [5.74, 6) is 0. The van der Waals surface area contributed by atoms with Gasteiger partial charge >= 0.3 is 0 Å². The summed E-state index contributed by atoms with van der Waals surface area (Å²) in [5.41, 5.74) is 2.49. The Morgan fingerprint density at radius 2 is 2.10 bits per heavy atom. The smallest absolute Gasteiger partial charge is 0.0634 e. The molecular formula is C17H20ClN3. The fourth-order valence-corrected chi connectivity index (χ4v) is 2.98. The van der Waals surface area contributed by atoms with Gasteiger partial charge in [0.2, 0.25) is 0 Å². The zero-order valence-corrected chi connectivity index (χ0v) is 12.9. The lowest BCUT2D eigenvalue weighted by Crippen LogP contribution is -2.50. The molecule has 2 unspecified atom stereocenters. The summed E-state index contributed by atoms with van der Waals surface area (Å²) in [5, 5.41) is 4.38. The highest BCUT2D eigenvalue weighted by atomic mass is 35.5. The summed E-state index contributed by atoms with van der Waals surface area (Å²) >= 11 is 6.24. The molecule has 2 aromatic rings. The molecule has 110 valence electrons. The average Bonchev–Trinajstić information content (AvgIpc) is 2.52. The Balaban J connectivity index is 1.74. The SMILES string of the molecule is CC1CNC(c2ccccc2)CN1Cc1ccncc1Cl. The number of rotatable bonds is 3. The molecule has 0 bridgehead atoms. The molecule has 1 fully saturated rings. The van der Waals surface area contributed by atoms with E-state index in [4.69, 9.17) is 11.6 Å². The fraction of sp³-hybridized carbons (Fsp3) is 0.353. The zero-order chi connectivity index (χ0) is 14.7. The van der Waals surface area contributed by atoms with Crippen LogP contribution in [-0.4, -0.2) is 29.0 Å². The van der Waals surface area contributed by atoms with Gasteiger partial charge in [-0.2, -0.15) is 0 Å². The second kappa shape index (κ2) is 6.56. The van der Waals surface area contributed by atoms with Gasteiger partial charge in [0, 0.05) is 44.1 Å². The van der Waals surface area contributed by atoms with Crippen molar-refractivity contribution in [1.82, 2.24) is 15.2 Å². The Kier molecular flexibility index (Phi) is 4.54. The van der Waals surface area contributed by atoms with Gasteiger partial charge in [-0.15, -0.1) is 0 Å². The number of nitrogens with one attached hydrogen (secondary N) is 1. The summed E-state index contributed by atoms with van der Waals surface area (Å²) in [6.45, 7) is 5.10. The van der Waals surface area contributed by atoms with Crippen molar-refractivity contribution in [1.29, 1.82) is 0 Å². The summed E-state index contributed by atoms with van der Waals surface area (Å²) < 4.78 is 0. The number of benzene rings is 1. The molecule has 1 saturated heterocycles. The maximum atomic E-state index is 6.24. The summed E-state index contributed by atoms with van der Waals surface area (Å²) in [4.78, 5) is 6.54. The van der Waals surface area contributed by atoms with E-state index in [-0.39, 0.29) is 0 Å². The number of halogens is 1. The highest BCUT2D eigenvalue weighted by Gasteiger charge is 2.26. The van der Waals surface area contributed by atoms with Gasteiger partial charge in [-0.3, -0.25) is 9.88 Å². The topological polar surface area (TPSA) is 28.2 Å². The predicted octanol–water partition coefficient (Wildman–Crippen LogP) is 3.27. The maximum Gasteiger partial charge on any atom is 0.0634 e. The van der Waals surface area contributed by atoms with Crippen LogP contribution in [0.5, 0.6) is 0 Å². The Bertz CT molecular complexity index is 588. The molecule has 4 heteroatoms. The minimum Gasteiger partial charge on any atom is -0.307 e. The number of aromatic nitrogens is 1. The van der Waals surface area contributed by atoms with Crippen LogP contribution < -0.4 is 5.32 Å². The van der Waals surface area contributed by atoms with Crippen molar-refractivity contribution >= 4 is 11.6 Å². The first-order valence-electron chi connectivity index (χ1n) is 7.35. The Hall–Kier alpha value is -1.42. The summed E-state index contributed by atoms with van der Waals surface area (Å²) in [7, 11) is 0. The van der Waals surface area contributed by atoms with E-state index in [1.54, 1.807) is 6.20 Å². The van der Waals surface area contributed by atoms with Crippen LogP contribution in [0.4, 0.5) is 0 Å². The first kappa shape index (κ1) is 14.5. The van der Waals surface area contributed by atoms with E-state index in [9.17, 15) is 0 Å². The maximum absolute atomic E-state index is 6.24. The molecule has 1 aromatic heterocycles. The molecule has 1 aliphatic rings. The monoisotopic (exact) mass is 301 g/mol. The van der Waals surface area contributed by atoms with Gasteiger partial charge in [0.25, 0.3) is 0 Å². The number of hydrogen-bond donors (Lipinski definition) is 1. The van der Waals surface area contributed by atoms with Gasteiger partial charge in [-0.05, 0) is 24.1 Å². The van der Waals surface area contributed by atoms with E-state index in [2.05, 4.69) is 52.5 Å². The molecule has 1 aromatic carbocycles. The molecule has 1 N–H and O–H groups in total. The van der Waals surface area contributed by atoms with E-state index in [0.29, 0.717) is 12.1 Å². The van der Waals surface area contributed by atoms with Crippen LogP contribution in [0.25, 0.3) is 0 Å². The molecule has 0 amide bonds. The van der Waals surface area contributed by atoms with Gasteiger partial charge < -0.3 is 5.32 Å². The lowest BCUT2D eigenvalue weighted by Gasteiger charge is -2.39. The first-order chi connectivity index (χ1) is 10.2. The molecule has 0 radical (unpaired) electrons. The molecule has 1 aliphatic heterocycles. The second-order valence-electron chi connectivity index (χ2n) is 5.62. The molecular weight excluding hydrogens is 282 g/mol. The third kappa shape index (κ3) is 3.43. The van der Waals surface area contributed by atoms with Crippen LogP contribution in [-0.2, 0) is 6.54 Å². The Morgan fingerprint density at radius 3 is 2.86 bits per heavy atom. The lowest BCUT2D eigenvalue weighted by molar-refractivity contribution is 0.133. The molecule has 3 nitrogen and oxygen atoms in total. The van der Waals surface area contributed by atoms with Crippen LogP contribution in [0, 0.1) is 0 Å². The molecule has 0 saturated carbocycles. The van der Waals surface area contributed by atoms with E-state index < -0.39 is 0 Å². The van der Waals surface area contributed by atoms with Crippen molar-refractivity contribution in [3.63, 3.8) is 0 Å².